The van der Waals surface area contributed by atoms with E-state index < -0.39 is 5.97 Å². The van der Waals surface area contributed by atoms with Gasteiger partial charge in [-0.05, 0) is 18.9 Å². The molecule has 1 aromatic heterocycles. The van der Waals surface area contributed by atoms with Crippen LogP contribution in [0.2, 0.25) is 0 Å². The number of furan rings is 1. The van der Waals surface area contributed by atoms with Gasteiger partial charge in [0.1, 0.15) is 5.76 Å². The Bertz CT molecular complexity index is 424. The number of carboxylic acids is 1. The first-order chi connectivity index (χ1) is 8.16. The lowest BCUT2D eigenvalue weighted by Gasteiger charge is -2.22. The Balaban J connectivity index is 1.92. The van der Waals surface area contributed by atoms with Gasteiger partial charge in [0.25, 0.3) is 0 Å². The van der Waals surface area contributed by atoms with E-state index in [0.717, 1.165) is 30.6 Å². The molecule has 0 saturated carbocycles. The van der Waals surface area contributed by atoms with Crippen LogP contribution in [0.5, 0.6) is 0 Å². The maximum absolute atomic E-state index is 11.5. The maximum atomic E-state index is 11.5. The van der Waals surface area contributed by atoms with Crippen LogP contribution in [0, 0.1) is 0 Å². The molecule has 1 atom stereocenters. The van der Waals surface area contributed by atoms with Crippen LogP contribution in [0.4, 0.5) is 0 Å². The number of nitrogens with one attached hydrogen (secondary N) is 1. The maximum Gasteiger partial charge on any atom is 0.303 e. The highest BCUT2D eigenvalue weighted by atomic mass is 16.4. The Hall–Kier alpha value is -1.78. The average Bonchev–Trinajstić information content (AvgIpc) is 2.75. The number of rotatable bonds is 4. The van der Waals surface area contributed by atoms with Crippen molar-refractivity contribution in [1.29, 1.82) is 0 Å². The van der Waals surface area contributed by atoms with E-state index in [1.54, 1.807) is 6.26 Å². The van der Waals surface area contributed by atoms with Crippen molar-refractivity contribution in [2.24, 2.45) is 0 Å². The van der Waals surface area contributed by atoms with Gasteiger partial charge < -0.3 is 14.8 Å². The van der Waals surface area contributed by atoms with Crippen LogP contribution in [-0.2, 0) is 16.0 Å². The topological polar surface area (TPSA) is 79.5 Å². The number of hydrogen-bond acceptors (Lipinski definition) is 3. The number of hydrogen-bond donors (Lipinski definition) is 2. The highest BCUT2D eigenvalue weighted by Crippen LogP contribution is 2.30. The van der Waals surface area contributed by atoms with E-state index in [4.69, 9.17) is 9.52 Å². The molecule has 0 saturated heterocycles. The number of carbonyl (C=O) groups is 2. The van der Waals surface area contributed by atoms with Crippen molar-refractivity contribution in [3.8, 4) is 0 Å². The summed E-state index contributed by atoms with van der Waals surface area (Å²) in [6, 6.07) is 1.84. The van der Waals surface area contributed by atoms with Gasteiger partial charge in [-0.2, -0.15) is 0 Å². The number of fused-ring (bicyclic) bond motifs is 1. The minimum Gasteiger partial charge on any atom is -0.481 e. The second-order valence-electron chi connectivity index (χ2n) is 4.21. The summed E-state index contributed by atoms with van der Waals surface area (Å²) in [7, 11) is 0. The number of carboxylic acid groups (broad SMARTS) is 1. The van der Waals surface area contributed by atoms with E-state index in [1.165, 1.54) is 0 Å². The monoisotopic (exact) mass is 237 g/mol. The molecule has 5 heteroatoms. The van der Waals surface area contributed by atoms with Crippen LogP contribution < -0.4 is 5.32 Å². The molecule has 5 nitrogen and oxygen atoms in total. The third kappa shape index (κ3) is 2.87. The predicted molar refractivity (Wildman–Crippen MR) is 59.4 cm³/mol. The zero-order valence-corrected chi connectivity index (χ0v) is 9.44. The molecule has 17 heavy (non-hydrogen) atoms. The fourth-order valence-corrected chi connectivity index (χ4v) is 2.12. The predicted octanol–water partition coefficient (Wildman–Crippen LogP) is 1.64. The van der Waals surface area contributed by atoms with Crippen molar-refractivity contribution in [3.05, 3.63) is 23.7 Å². The van der Waals surface area contributed by atoms with E-state index in [0.29, 0.717) is 0 Å². The molecule has 0 fully saturated rings. The normalized spacial score (nSPS) is 18.5. The molecule has 1 aliphatic rings. The van der Waals surface area contributed by atoms with Crippen LogP contribution in [0.25, 0.3) is 0 Å². The summed E-state index contributed by atoms with van der Waals surface area (Å²) in [5.41, 5.74) is 1.03. The summed E-state index contributed by atoms with van der Waals surface area (Å²) in [6.07, 6.45) is 4.29. The van der Waals surface area contributed by atoms with Gasteiger partial charge in [-0.25, -0.2) is 0 Å². The number of aryl methyl sites for hydroxylation is 1. The van der Waals surface area contributed by atoms with Crippen molar-refractivity contribution in [3.63, 3.8) is 0 Å². The van der Waals surface area contributed by atoms with Crippen molar-refractivity contribution in [2.75, 3.05) is 0 Å². The van der Waals surface area contributed by atoms with E-state index in [2.05, 4.69) is 5.32 Å². The summed E-state index contributed by atoms with van der Waals surface area (Å²) in [4.78, 5) is 21.9. The zero-order chi connectivity index (χ0) is 12.3. The highest BCUT2D eigenvalue weighted by Gasteiger charge is 2.23. The Labute approximate surface area is 98.8 Å². The van der Waals surface area contributed by atoms with Crippen LogP contribution in [0.15, 0.2) is 16.7 Å². The van der Waals surface area contributed by atoms with E-state index in [9.17, 15) is 9.59 Å². The molecule has 0 bridgehead atoms. The van der Waals surface area contributed by atoms with Gasteiger partial charge in [0.05, 0.1) is 18.7 Å². The minimum atomic E-state index is -0.951. The van der Waals surface area contributed by atoms with Gasteiger partial charge in [0.15, 0.2) is 0 Å². The van der Waals surface area contributed by atoms with Crippen molar-refractivity contribution in [1.82, 2.24) is 5.32 Å². The Morgan fingerprint density at radius 3 is 3.06 bits per heavy atom. The highest BCUT2D eigenvalue weighted by molar-refractivity contribution is 5.80. The molecule has 0 spiro atoms. The first kappa shape index (κ1) is 11.7. The smallest absolute Gasteiger partial charge is 0.303 e. The molecular weight excluding hydrogens is 222 g/mol. The van der Waals surface area contributed by atoms with Gasteiger partial charge in [0, 0.05) is 18.4 Å². The number of carbonyl (C=O) groups excluding carboxylic acids is 1. The van der Waals surface area contributed by atoms with Crippen molar-refractivity contribution >= 4 is 11.9 Å². The lowest BCUT2D eigenvalue weighted by Crippen LogP contribution is -2.30. The third-order valence-electron chi connectivity index (χ3n) is 2.95. The SMILES string of the molecule is O=C(O)CCC(=O)NC1CCCc2occc21. The Morgan fingerprint density at radius 1 is 1.47 bits per heavy atom. The second-order valence-corrected chi connectivity index (χ2v) is 4.21. The summed E-state index contributed by atoms with van der Waals surface area (Å²) < 4.78 is 5.32. The second kappa shape index (κ2) is 5.03. The fraction of sp³-hybridized carbons (Fsp3) is 0.500. The molecule has 2 N–H and O–H groups in total. The van der Waals surface area contributed by atoms with E-state index >= 15 is 0 Å². The third-order valence-corrected chi connectivity index (χ3v) is 2.95. The van der Waals surface area contributed by atoms with Gasteiger partial charge in [0.2, 0.25) is 5.91 Å². The Morgan fingerprint density at radius 2 is 2.29 bits per heavy atom. The van der Waals surface area contributed by atoms with E-state index in [1.807, 2.05) is 6.07 Å². The van der Waals surface area contributed by atoms with Crippen LogP contribution in [-0.4, -0.2) is 17.0 Å². The molecule has 2 rings (SSSR count). The molecule has 1 heterocycles. The van der Waals surface area contributed by atoms with Crippen molar-refractivity contribution in [2.45, 2.75) is 38.1 Å². The van der Waals surface area contributed by atoms with Crippen LogP contribution >= 0.6 is 0 Å². The quantitative estimate of drug-likeness (QED) is 0.834. The van der Waals surface area contributed by atoms with Gasteiger partial charge in [-0.3, -0.25) is 9.59 Å². The largest absolute Gasteiger partial charge is 0.481 e. The van der Waals surface area contributed by atoms with Crippen molar-refractivity contribution < 1.29 is 19.1 Å². The molecule has 0 aliphatic heterocycles. The molecule has 1 aliphatic carbocycles. The molecule has 1 unspecified atom stereocenters. The summed E-state index contributed by atoms with van der Waals surface area (Å²) in [5.74, 6) is -0.237. The molecule has 1 amide bonds. The average molecular weight is 237 g/mol. The molecule has 0 radical (unpaired) electrons. The molecule has 0 aromatic carbocycles. The van der Waals surface area contributed by atoms with Crippen LogP contribution in [0.1, 0.15) is 43.0 Å². The number of aliphatic carboxylic acids is 1. The molecule has 92 valence electrons. The summed E-state index contributed by atoms with van der Waals surface area (Å²) in [6.45, 7) is 0. The van der Waals surface area contributed by atoms with Gasteiger partial charge in [-0.1, -0.05) is 0 Å². The fourth-order valence-electron chi connectivity index (χ4n) is 2.12. The summed E-state index contributed by atoms with van der Waals surface area (Å²) >= 11 is 0. The summed E-state index contributed by atoms with van der Waals surface area (Å²) in [5, 5.41) is 11.4. The lowest BCUT2D eigenvalue weighted by molar-refractivity contribution is -0.138. The molecule has 1 aromatic rings. The number of amides is 1. The van der Waals surface area contributed by atoms with Gasteiger partial charge >= 0.3 is 5.97 Å². The first-order valence-electron chi connectivity index (χ1n) is 5.74. The Kier molecular flexibility index (Phi) is 3.46. The lowest BCUT2D eigenvalue weighted by atomic mass is 9.93. The molecular formula is C12H15NO4. The standard InChI is InChI=1S/C12H15NO4/c14-11(4-5-12(15)16)13-9-2-1-3-10-8(9)6-7-17-10/h6-7,9H,1-5H2,(H,13,14)(H,15,16). The first-order valence-corrected chi connectivity index (χ1v) is 5.74. The zero-order valence-electron chi connectivity index (χ0n) is 9.44. The van der Waals surface area contributed by atoms with Gasteiger partial charge in [-0.15, -0.1) is 0 Å². The van der Waals surface area contributed by atoms with E-state index in [-0.39, 0.29) is 24.8 Å². The van der Waals surface area contributed by atoms with Crippen LogP contribution in [0.3, 0.4) is 0 Å². The minimum absolute atomic E-state index is 0.0268.